The van der Waals surface area contributed by atoms with Gasteiger partial charge in [0.15, 0.2) is 17.5 Å². The molecule has 1 aliphatic rings. The lowest BCUT2D eigenvalue weighted by Gasteiger charge is -2.22. The molecule has 0 saturated carbocycles. The van der Waals surface area contributed by atoms with Gasteiger partial charge < -0.3 is 4.74 Å². The second-order valence-electron chi connectivity index (χ2n) is 12.4. The van der Waals surface area contributed by atoms with E-state index < -0.39 is 0 Å². The fraction of sp³-hybridized carbons (Fsp3) is 0. The minimum atomic E-state index is 0.634. The Hall–Kier alpha value is -6.65. The van der Waals surface area contributed by atoms with Crippen molar-refractivity contribution in [3.05, 3.63) is 164 Å². The van der Waals surface area contributed by atoms with Crippen LogP contribution in [0.5, 0.6) is 11.5 Å². The van der Waals surface area contributed by atoms with Crippen molar-refractivity contribution < 1.29 is 4.74 Å². The quantitative estimate of drug-likeness (QED) is 0.183. The molecule has 0 atom stereocenters. The van der Waals surface area contributed by atoms with Gasteiger partial charge in [0.1, 0.15) is 11.5 Å². The maximum atomic E-state index is 6.34. The van der Waals surface area contributed by atoms with Gasteiger partial charge in [0.2, 0.25) is 0 Å². The van der Waals surface area contributed by atoms with Crippen LogP contribution in [0, 0.1) is 0 Å². The second kappa shape index (κ2) is 11.0. The van der Waals surface area contributed by atoms with Crippen molar-refractivity contribution in [3.63, 3.8) is 0 Å². The summed E-state index contributed by atoms with van der Waals surface area (Å²) in [5, 5.41) is 6.99. The van der Waals surface area contributed by atoms with Gasteiger partial charge in [0.05, 0.1) is 0 Å². The Bertz CT molecular complexity index is 2730. The van der Waals surface area contributed by atoms with E-state index in [0.29, 0.717) is 17.5 Å². The van der Waals surface area contributed by atoms with Crippen LogP contribution in [0.3, 0.4) is 0 Å². The minimum absolute atomic E-state index is 0.634. The third-order valence-electron chi connectivity index (χ3n) is 9.51. The molecule has 4 nitrogen and oxygen atoms in total. The zero-order valence-corrected chi connectivity index (χ0v) is 26.3. The van der Waals surface area contributed by atoms with E-state index in [1.165, 1.54) is 21.7 Å². The fourth-order valence-corrected chi connectivity index (χ4v) is 7.14. The third-order valence-corrected chi connectivity index (χ3v) is 9.51. The molecule has 0 bridgehead atoms. The Labute approximate surface area is 283 Å². The fourth-order valence-electron chi connectivity index (χ4n) is 7.14. The molecule has 9 aromatic rings. The van der Waals surface area contributed by atoms with Crippen LogP contribution >= 0.6 is 0 Å². The molecule has 1 aromatic heterocycles. The lowest BCUT2D eigenvalue weighted by atomic mass is 9.92. The monoisotopic (exact) mass is 625 g/mol. The van der Waals surface area contributed by atoms with Crippen LogP contribution in [0.2, 0.25) is 0 Å². The van der Waals surface area contributed by atoms with Crippen LogP contribution in [0.25, 0.3) is 88.7 Å². The topological polar surface area (TPSA) is 47.9 Å². The number of fused-ring (bicyclic) bond motifs is 5. The standard InChI is InChI=1S/C45H27N3O/c1-2-10-30(11-3-1)43-46-44(48-45(47-43)39-27-33-12-4-5-15-34(33)35-16-6-7-17-36(35)39)31-22-20-28(21-23-31)32-24-25-40-38(26-32)37-18-8-13-29-14-9-19-41(49-40)42(29)37/h1-27H. The smallest absolute Gasteiger partial charge is 0.164 e. The van der Waals surface area contributed by atoms with Gasteiger partial charge in [-0.1, -0.05) is 140 Å². The molecular formula is C45H27N3O. The zero-order valence-electron chi connectivity index (χ0n) is 26.3. The highest BCUT2D eigenvalue weighted by Gasteiger charge is 2.21. The Balaban J connectivity index is 1.09. The summed E-state index contributed by atoms with van der Waals surface area (Å²) in [5.74, 6) is 3.71. The average Bonchev–Trinajstić information content (AvgIpc) is 3.18. The van der Waals surface area contributed by atoms with Gasteiger partial charge in [-0.15, -0.1) is 0 Å². The van der Waals surface area contributed by atoms with Gasteiger partial charge in [-0.3, -0.25) is 0 Å². The zero-order chi connectivity index (χ0) is 32.3. The van der Waals surface area contributed by atoms with Crippen LogP contribution in [-0.4, -0.2) is 15.0 Å². The van der Waals surface area contributed by atoms with Crippen LogP contribution in [0.15, 0.2) is 164 Å². The number of benzene rings is 8. The highest BCUT2D eigenvalue weighted by Crippen LogP contribution is 2.47. The number of ether oxygens (including phenoxy) is 1. The van der Waals surface area contributed by atoms with Gasteiger partial charge >= 0.3 is 0 Å². The molecule has 49 heavy (non-hydrogen) atoms. The van der Waals surface area contributed by atoms with Gasteiger partial charge in [-0.05, 0) is 67.9 Å². The molecule has 0 N–H and O–H groups in total. The molecule has 0 radical (unpaired) electrons. The van der Waals surface area contributed by atoms with Gasteiger partial charge in [0, 0.05) is 27.6 Å². The number of rotatable bonds is 4. The van der Waals surface area contributed by atoms with Crippen molar-refractivity contribution in [1.82, 2.24) is 15.0 Å². The molecule has 4 heteroatoms. The molecule has 0 saturated heterocycles. The summed E-state index contributed by atoms with van der Waals surface area (Å²) in [6, 6.07) is 56.9. The molecular weight excluding hydrogens is 599 g/mol. The first-order valence-electron chi connectivity index (χ1n) is 16.4. The first-order valence-corrected chi connectivity index (χ1v) is 16.4. The first-order chi connectivity index (χ1) is 24.3. The van der Waals surface area contributed by atoms with E-state index in [0.717, 1.165) is 61.0 Å². The lowest BCUT2D eigenvalue weighted by molar-refractivity contribution is 0.487. The summed E-state index contributed by atoms with van der Waals surface area (Å²) >= 11 is 0. The Kier molecular flexibility index (Phi) is 6.15. The van der Waals surface area contributed by atoms with Crippen LogP contribution in [0.4, 0.5) is 0 Å². The van der Waals surface area contributed by atoms with Crippen molar-refractivity contribution in [2.45, 2.75) is 0 Å². The molecule has 0 aliphatic carbocycles. The number of hydrogen-bond donors (Lipinski definition) is 0. The van der Waals surface area contributed by atoms with E-state index in [9.17, 15) is 0 Å². The molecule has 2 heterocycles. The van der Waals surface area contributed by atoms with Gasteiger partial charge in [0.25, 0.3) is 0 Å². The minimum Gasteiger partial charge on any atom is -0.456 e. The average molecular weight is 626 g/mol. The van der Waals surface area contributed by atoms with E-state index >= 15 is 0 Å². The highest BCUT2D eigenvalue weighted by molar-refractivity contribution is 6.13. The summed E-state index contributed by atoms with van der Waals surface area (Å²) in [6.45, 7) is 0. The van der Waals surface area contributed by atoms with E-state index in [4.69, 9.17) is 19.7 Å². The normalized spacial score (nSPS) is 11.8. The maximum absolute atomic E-state index is 6.34. The number of nitrogens with zero attached hydrogens (tertiary/aromatic N) is 3. The highest BCUT2D eigenvalue weighted by atomic mass is 16.5. The van der Waals surface area contributed by atoms with Crippen LogP contribution < -0.4 is 4.74 Å². The molecule has 0 spiro atoms. The van der Waals surface area contributed by atoms with Crippen LogP contribution in [0.1, 0.15) is 0 Å². The molecule has 0 unspecified atom stereocenters. The number of aromatic nitrogens is 3. The van der Waals surface area contributed by atoms with Crippen molar-refractivity contribution in [2.24, 2.45) is 0 Å². The van der Waals surface area contributed by atoms with Crippen molar-refractivity contribution in [2.75, 3.05) is 0 Å². The summed E-state index contributed by atoms with van der Waals surface area (Å²) < 4.78 is 6.34. The predicted octanol–water partition coefficient (Wildman–Crippen LogP) is 11.8. The van der Waals surface area contributed by atoms with E-state index in [2.05, 4.69) is 121 Å². The van der Waals surface area contributed by atoms with E-state index in [-0.39, 0.29) is 0 Å². The van der Waals surface area contributed by atoms with Gasteiger partial charge in [-0.25, -0.2) is 15.0 Å². The molecule has 0 amide bonds. The van der Waals surface area contributed by atoms with Crippen LogP contribution in [-0.2, 0) is 0 Å². The molecule has 228 valence electrons. The molecule has 1 aliphatic heterocycles. The first kappa shape index (κ1) is 27.5. The maximum Gasteiger partial charge on any atom is 0.164 e. The summed E-state index contributed by atoms with van der Waals surface area (Å²) in [5.41, 5.74) is 7.38. The second-order valence-corrected chi connectivity index (χ2v) is 12.4. The van der Waals surface area contributed by atoms with Gasteiger partial charge in [-0.2, -0.15) is 0 Å². The van der Waals surface area contributed by atoms with Crippen molar-refractivity contribution in [1.29, 1.82) is 0 Å². The predicted molar refractivity (Wildman–Crippen MR) is 200 cm³/mol. The summed E-state index contributed by atoms with van der Waals surface area (Å²) in [6.07, 6.45) is 0. The van der Waals surface area contributed by atoms with Crippen molar-refractivity contribution >= 4 is 32.3 Å². The lowest BCUT2D eigenvalue weighted by Crippen LogP contribution is -2.00. The SMILES string of the molecule is c1ccc(-c2nc(-c3ccc(-c4ccc5c(c4)-c4cccc6cccc(c46)O5)cc3)nc(-c3cc4ccccc4c4ccccc34)n2)cc1. The van der Waals surface area contributed by atoms with Crippen molar-refractivity contribution in [3.8, 4) is 67.9 Å². The Morgan fingerprint density at radius 2 is 0.939 bits per heavy atom. The largest absolute Gasteiger partial charge is 0.456 e. The third kappa shape index (κ3) is 4.57. The Morgan fingerprint density at radius 3 is 1.76 bits per heavy atom. The number of hydrogen-bond acceptors (Lipinski definition) is 4. The van der Waals surface area contributed by atoms with E-state index in [1.54, 1.807) is 0 Å². The Morgan fingerprint density at radius 1 is 0.327 bits per heavy atom. The molecule has 10 rings (SSSR count). The summed E-state index contributed by atoms with van der Waals surface area (Å²) in [7, 11) is 0. The molecule has 0 fully saturated rings. The van der Waals surface area contributed by atoms with E-state index in [1.807, 2.05) is 42.5 Å². The molecule has 8 aromatic carbocycles. The summed E-state index contributed by atoms with van der Waals surface area (Å²) in [4.78, 5) is 15.2.